The molecule has 2 bridgehead atoms. The maximum Gasteiger partial charge on any atom is 0.0612 e. The van der Waals surface area contributed by atoms with Crippen molar-refractivity contribution >= 4 is 8.07 Å². The second kappa shape index (κ2) is 2.24. The first kappa shape index (κ1) is 8.51. The zero-order chi connectivity index (χ0) is 8.98. The van der Waals surface area contributed by atoms with Gasteiger partial charge in [0.2, 0.25) is 0 Å². The van der Waals surface area contributed by atoms with Gasteiger partial charge in [-0.3, -0.25) is 0 Å². The fraction of sp³-hybridized carbons (Fsp3) is 0.800. The minimum absolute atomic E-state index is 0.0424. The zero-order valence-electron chi connectivity index (χ0n) is 8.17. The van der Waals surface area contributed by atoms with Crippen LogP contribution in [0, 0.1) is 5.92 Å². The maximum absolute atomic E-state index is 9.99. The molecule has 2 heteroatoms. The van der Waals surface area contributed by atoms with Gasteiger partial charge in [-0.2, -0.15) is 0 Å². The fourth-order valence-electron chi connectivity index (χ4n) is 2.84. The molecule has 0 aromatic rings. The van der Waals surface area contributed by atoms with Crippen LogP contribution in [0.1, 0.15) is 12.8 Å². The van der Waals surface area contributed by atoms with Crippen molar-refractivity contribution in [1.29, 1.82) is 0 Å². The first-order valence-electron chi connectivity index (χ1n) is 4.83. The minimum Gasteiger partial charge on any atom is -0.393 e. The molecule has 1 saturated carbocycles. The summed E-state index contributed by atoms with van der Waals surface area (Å²) in [7, 11) is -1.23. The normalized spacial score (nSPS) is 45.7. The van der Waals surface area contributed by atoms with Crippen molar-refractivity contribution < 1.29 is 5.11 Å². The Kier molecular flexibility index (Phi) is 1.59. The molecule has 0 spiro atoms. The minimum atomic E-state index is -1.23. The highest BCUT2D eigenvalue weighted by Crippen LogP contribution is 2.60. The van der Waals surface area contributed by atoms with Gasteiger partial charge in [0.25, 0.3) is 0 Å². The molecule has 3 unspecified atom stereocenters. The molecule has 2 aliphatic carbocycles. The van der Waals surface area contributed by atoms with Gasteiger partial charge in [0.15, 0.2) is 0 Å². The molecule has 0 radical (unpaired) electrons. The fourth-order valence-corrected chi connectivity index (χ4v) is 5.43. The van der Waals surface area contributed by atoms with Gasteiger partial charge in [-0.25, -0.2) is 0 Å². The largest absolute Gasteiger partial charge is 0.393 e. The molecule has 1 fully saturated rings. The summed E-state index contributed by atoms with van der Waals surface area (Å²) < 4.78 is 0. The van der Waals surface area contributed by atoms with Crippen LogP contribution < -0.4 is 0 Å². The molecule has 1 N–H and O–H groups in total. The van der Waals surface area contributed by atoms with Crippen molar-refractivity contribution in [1.82, 2.24) is 0 Å². The van der Waals surface area contributed by atoms with Crippen molar-refractivity contribution in [2.45, 2.75) is 43.6 Å². The summed E-state index contributed by atoms with van der Waals surface area (Å²) in [6.45, 7) is 7.11. The Labute approximate surface area is 75.5 Å². The summed E-state index contributed by atoms with van der Waals surface area (Å²) in [5.74, 6) is 0.687. The van der Waals surface area contributed by atoms with Crippen molar-refractivity contribution in [3.8, 4) is 0 Å². The number of aliphatic hydroxyl groups is 1. The van der Waals surface area contributed by atoms with Crippen molar-refractivity contribution in [2.75, 3.05) is 0 Å². The van der Waals surface area contributed by atoms with E-state index >= 15 is 0 Å². The van der Waals surface area contributed by atoms with E-state index in [0.29, 0.717) is 5.92 Å². The summed E-state index contributed by atoms with van der Waals surface area (Å²) in [6.07, 6.45) is 6.84. The third kappa shape index (κ3) is 0.881. The lowest BCUT2D eigenvalue weighted by molar-refractivity contribution is 0.151. The van der Waals surface area contributed by atoms with E-state index in [-0.39, 0.29) is 11.1 Å². The average molecular weight is 182 g/mol. The zero-order valence-corrected chi connectivity index (χ0v) is 9.17. The Morgan fingerprint density at radius 2 is 2.08 bits per heavy atom. The number of hydrogen-bond donors (Lipinski definition) is 1. The Bertz CT molecular complexity index is 228. The molecule has 0 saturated heterocycles. The van der Waals surface area contributed by atoms with E-state index in [1.54, 1.807) is 0 Å². The molecule has 12 heavy (non-hydrogen) atoms. The van der Waals surface area contributed by atoms with Crippen LogP contribution in [0.25, 0.3) is 0 Å². The molecule has 0 heterocycles. The Morgan fingerprint density at radius 3 is 2.33 bits per heavy atom. The highest BCUT2D eigenvalue weighted by Gasteiger charge is 2.55. The lowest BCUT2D eigenvalue weighted by Gasteiger charge is -2.40. The van der Waals surface area contributed by atoms with E-state index in [4.69, 9.17) is 0 Å². The van der Waals surface area contributed by atoms with E-state index in [9.17, 15) is 5.11 Å². The summed E-state index contributed by atoms with van der Waals surface area (Å²) in [6, 6.07) is 0. The monoisotopic (exact) mass is 182 g/mol. The summed E-state index contributed by atoms with van der Waals surface area (Å²) in [5, 5.41) is 10.2. The smallest absolute Gasteiger partial charge is 0.0612 e. The van der Waals surface area contributed by atoms with Gasteiger partial charge in [0.1, 0.15) is 0 Å². The maximum atomic E-state index is 9.99. The van der Waals surface area contributed by atoms with E-state index in [1.165, 1.54) is 6.42 Å². The van der Waals surface area contributed by atoms with Gasteiger partial charge in [-0.05, 0) is 18.8 Å². The van der Waals surface area contributed by atoms with Gasteiger partial charge in [-0.1, -0.05) is 31.8 Å². The van der Waals surface area contributed by atoms with E-state index < -0.39 is 8.07 Å². The van der Waals surface area contributed by atoms with Crippen molar-refractivity contribution in [3.63, 3.8) is 0 Å². The second-order valence-electron chi connectivity index (χ2n) is 5.37. The van der Waals surface area contributed by atoms with Crippen molar-refractivity contribution in [2.24, 2.45) is 5.92 Å². The highest BCUT2D eigenvalue weighted by atomic mass is 28.3. The molecule has 2 rings (SSSR count). The van der Waals surface area contributed by atoms with Crippen LogP contribution in [0.15, 0.2) is 12.2 Å². The Morgan fingerprint density at radius 1 is 1.42 bits per heavy atom. The van der Waals surface area contributed by atoms with Gasteiger partial charge in [-0.15, -0.1) is 0 Å². The van der Waals surface area contributed by atoms with E-state index in [2.05, 4.69) is 31.8 Å². The third-order valence-corrected chi connectivity index (χ3v) is 7.28. The first-order valence-corrected chi connectivity index (χ1v) is 8.33. The van der Waals surface area contributed by atoms with Crippen LogP contribution in [0.4, 0.5) is 0 Å². The van der Waals surface area contributed by atoms with Gasteiger partial charge in [0.05, 0.1) is 14.2 Å². The van der Waals surface area contributed by atoms with Gasteiger partial charge < -0.3 is 5.11 Å². The van der Waals surface area contributed by atoms with Crippen LogP contribution in [-0.2, 0) is 0 Å². The predicted molar refractivity (Wildman–Crippen MR) is 53.9 cm³/mol. The molecule has 0 aromatic heterocycles. The van der Waals surface area contributed by atoms with E-state index in [0.717, 1.165) is 6.42 Å². The van der Waals surface area contributed by atoms with E-state index in [1.807, 2.05) is 0 Å². The Hall–Kier alpha value is -0.0831. The summed E-state index contributed by atoms with van der Waals surface area (Å²) >= 11 is 0. The highest BCUT2D eigenvalue weighted by molar-refractivity contribution is 6.80. The van der Waals surface area contributed by atoms with Crippen LogP contribution in [0.2, 0.25) is 24.7 Å². The van der Waals surface area contributed by atoms with Gasteiger partial charge in [0, 0.05) is 5.04 Å². The third-order valence-electron chi connectivity index (χ3n) is 3.78. The van der Waals surface area contributed by atoms with Crippen LogP contribution >= 0.6 is 0 Å². The second-order valence-corrected chi connectivity index (χ2v) is 10.8. The molecule has 2 aliphatic rings. The lowest BCUT2D eigenvalue weighted by atomic mass is 10.0. The molecule has 0 amide bonds. The first-order chi connectivity index (χ1) is 5.46. The number of allylic oxidation sites excluding steroid dienone is 1. The van der Waals surface area contributed by atoms with Crippen LogP contribution in [-0.4, -0.2) is 19.3 Å². The molecule has 1 nitrogen and oxygen atoms in total. The number of aliphatic hydroxyl groups excluding tert-OH is 1. The molecule has 0 aromatic carbocycles. The predicted octanol–water partition coefficient (Wildman–Crippen LogP) is 2.41. The average Bonchev–Trinajstić information content (AvgIpc) is 2.41. The molecular formula is C10H18OSi. The Balaban J connectivity index is 2.37. The summed E-state index contributed by atoms with van der Waals surface area (Å²) in [4.78, 5) is 0. The quantitative estimate of drug-likeness (QED) is 0.488. The number of rotatable bonds is 1. The summed E-state index contributed by atoms with van der Waals surface area (Å²) in [5.41, 5.74) is 0. The molecular weight excluding hydrogens is 164 g/mol. The molecule has 3 atom stereocenters. The lowest BCUT2D eigenvalue weighted by Crippen LogP contribution is -2.42. The number of fused-ring (bicyclic) bond motifs is 2. The molecule has 0 aliphatic heterocycles. The SMILES string of the molecule is C[Si](C)(C)C12C=CC(CC1O)C2. The topological polar surface area (TPSA) is 20.2 Å². The van der Waals surface area contributed by atoms with Crippen LogP contribution in [0.5, 0.6) is 0 Å². The number of hydrogen-bond acceptors (Lipinski definition) is 1. The van der Waals surface area contributed by atoms with Crippen molar-refractivity contribution in [3.05, 3.63) is 12.2 Å². The van der Waals surface area contributed by atoms with Gasteiger partial charge >= 0.3 is 0 Å². The molecule has 68 valence electrons. The van der Waals surface area contributed by atoms with Crippen LogP contribution in [0.3, 0.4) is 0 Å². The standard InChI is InChI=1S/C10H18OSi/c1-12(2,3)10-5-4-8(7-10)6-9(10)11/h4-5,8-9,11H,6-7H2,1-3H3.